The number of carbonyl (C=O) groups excluding carboxylic acids is 2. The van der Waals surface area contributed by atoms with Gasteiger partial charge in [0.2, 0.25) is 11.8 Å². The lowest BCUT2D eigenvalue weighted by Gasteiger charge is -2.37. The van der Waals surface area contributed by atoms with Crippen molar-refractivity contribution in [2.24, 2.45) is 5.92 Å². The van der Waals surface area contributed by atoms with Gasteiger partial charge in [-0.3, -0.25) is 9.59 Å². The fourth-order valence-corrected chi connectivity index (χ4v) is 4.30. The average Bonchev–Trinajstić information content (AvgIpc) is 2.83. The maximum Gasteiger partial charge on any atom is 0.246 e. The normalized spacial score (nSPS) is 20.2. The van der Waals surface area contributed by atoms with Crippen LogP contribution < -0.4 is 0 Å². The Bertz CT molecular complexity index is 922. The molecule has 2 aliphatic heterocycles. The molecule has 2 aromatic carbocycles. The van der Waals surface area contributed by atoms with Crippen LogP contribution in [0.15, 0.2) is 60.7 Å². The van der Waals surface area contributed by atoms with Crippen molar-refractivity contribution >= 4 is 29.5 Å². The lowest BCUT2D eigenvalue weighted by molar-refractivity contribution is -0.146. The quantitative estimate of drug-likeness (QED) is 0.672. The van der Waals surface area contributed by atoms with Gasteiger partial charge in [0.1, 0.15) is 6.10 Å². The van der Waals surface area contributed by atoms with E-state index in [1.54, 1.807) is 6.08 Å². The molecule has 0 bridgehead atoms. The van der Waals surface area contributed by atoms with Crippen molar-refractivity contribution in [3.05, 3.63) is 76.8 Å². The van der Waals surface area contributed by atoms with Crippen molar-refractivity contribution in [3.63, 3.8) is 0 Å². The minimum Gasteiger partial charge on any atom is -0.370 e. The van der Waals surface area contributed by atoms with Crippen molar-refractivity contribution in [1.82, 2.24) is 9.80 Å². The van der Waals surface area contributed by atoms with Crippen LogP contribution in [0.1, 0.15) is 30.1 Å². The van der Waals surface area contributed by atoms with Gasteiger partial charge in [0.15, 0.2) is 0 Å². The zero-order valence-corrected chi connectivity index (χ0v) is 18.2. The lowest BCUT2D eigenvalue weighted by Crippen LogP contribution is -2.48. The molecule has 2 aliphatic rings. The standard InChI is InChI=1S/C25H27ClN2O3/c26-22-9-7-20(8-10-22)23-18-28(16-17-31-23)25(30)21-12-14-27(15-13-21)24(29)11-6-19-4-2-1-3-5-19/h1-11,21,23H,12-18H2/b11-6+. The van der Waals surface area contributed by atoms with Crippen LogP contribution in [-0.2, 0) is 14.3 Å². The Morgan fingerprint density at radius 2 is 1.65 bits per heavy atom. The second kappa shape index (κ2) is 10.1. The summed E-state index contributed by atoms with van der Waals surface area (Å²) in [5.74, 6) is 0.143. The van der Waals surface area contributed by atoms with E-state index in [2.05, 4.69) is 0 Å². The van der Waals surface area contributed by atoms with Gasteiger partial charge >= 0.3 is 0 Å². The smallest absolute Gasteiger partial charge is 0.246 e. The topological polar surface area (TPSA) is 49.9 Å². The van der Waals surface area contributed by atoms with Crippen LogP contribution in [0.2, 0.25) is 5.02 Å². The minimum absolute atomic E-state index is 0.00364. The summed E-state index contributed by atoms with van der Waals surface area (Å²) in [6.45, 7) is 2.92. The minimum atomic E-state index is -0.125. The number of hydrogen-bond donors (Lipinski definition) is 0. The summed E-state index contributed by atoms with van der Waals surface area (Å²) in [5.41, 5.74) is 2.04. The van der Waals surface area contributed by atoms with E-state index in [9.17, 15) is 9.59 Å². The highest BCUT2D eigenvalue weighted by molar-refractivity contribution is 6.30. The van der Waals surface area contributed by atoms with Crippen molar-refractivity contribution in [2.45, 2.75) is 18.9 Å². The number of halogens is 1. The monoisotopic (exact) mass is 438 g/mol. The molecule has 2 amide bonds. The molecule has 0 N–H and O–H groups in total. The summed E-state index contributed by atoms with van der Waals surface area (Å²) in [7, 11) is 0. The zero-order chi connectivity index (χ0) is 21.6. The molecule has 2 heterocycles. The molecular weight excluding hydrogens is 412 g/mol. The first-order valence-electron chi connectivity index (χ1n) is 10.8. The number of benzene rings is 2. The molecule has 0 aromatic heterocycles. The van der Waals surface area contributed by atoms with Crippen molar-refractivity contribution in [1.29, 1.82) is 0 Å². The second-order valence-corrected chi connectivity index (χ2v) is 8.48. The molecule has 1 unspecified atom stereocenters. The van der Waals surface area contributed by atoms with E-state index in [0.717, 1.165) is 11.1 Å². The van der Waals surface area contributed by atoms with E-state index in [1.807, 2.05) is 70.5 Å². The van der Waals surface area contributed by atoms with E-state index in [1.165, 1.54) is 0 Å². The van der Waals surface area contributed by atoms with E-state index >= 15 is 0 Å². The van der Waals surface area contributed by atoms with E-state index in [0.29, 0.717) is 50.7 Å². The van der Waals surface area contributed by atoms with Gasteiger partial charge in [-0.25, -0.2) is 0 Å². The molecule has 0 aliphatic carbocycles. The van der Waals surface area contributed by atoms with Crippen LogP contribution in [0.5, 0.6) is 0 Å². The Hall–Kier alpha value is -2.63. The molecule has 2 fully saturated rings. The fraction of sp³-hybridized carbons (Fsp3) is 0.360. The summed E-state index contributed by atoms with van der Waals surface area (Å²) in [6, 6.07) is 17.4. The van der Waals surface area contributed by atoms with Crippen molar-refractivity contribution in [2.75, 3.05) is 32.8 Å². The molecule has 6 heteroatoms. The Labute approximate surface area is 188 Å². The zero-order valence-electron chi connectivity index (χ0n) is 17.5. The molecule has 4 rings (SSSR count). The van der Waals surface area contributed by atoms with Gasteiger partial charge in [-0.05, 0) is 42.2 Å². The summed E-state index contributed by atoms with van der Waals surface area (Å²) >= 11 is 5.98. The van der Waals surface area contributed by atoms with E-state index in [-0.39, 0.29) is 23.8 Å². The van der Waals surface area contributed by atoms with E-state index < -0.39 is 0 Å². The van der Waals surface area contributed by atoms with Gasteiger partial charge in [0.25, 0.3) is 0 Å². The molecule has 2 aromatic rings. The molecule has 1 atom stereocenters. The summed E-state index contributed by atoms with van der Waals surface area (Å²) < 4.78 is 5.89. The highest BCUT2D eigenvalue weighted by Gasteiger charge is 2.32. The summed E-state index contributed by atoms with van der Waals surface area (Å²) in [6.07, 6.45) is 4.74. The average molecular weight is 439 g/mol. The molecule has 0 radical (unpaired) electrons. The SMILES string of the molecule is O=C(/C=C/c1ccccc1)N1CCC(C(=O)N2CCOC(c3ccc(Cl)cc3)C2)CC1. The van der Waals surface area contributed by atoms with Crippen LogP contribution in [-0.4, -0.2) is 54.4 Å². The predicted octanol–water partition coefficient (Wildman–Crippen LogP) is 4.19. The molecule has 0 spiro atoms. The molecule has 31 heavy (non-hydrogen) atoms. The molecular formula is C25H27ClN2O3. The predicted molar refractivity (Wildman–Crippen MR) is 122 cm³/mol. The van der Waals surface area contributed by atoms with Gasteiger partial charge < -0.3 is 14.5 Å². The van der Waals surface area contributed by atoms with Gasteiger partial charge in [0.05, 0.1) is 13.2 Å². The first-order valence-corrected chi connectivity index (χ1v) is 11.2. The van der Waals surface area contributed by atoms with E-state index in [4.69, 9.17) is 16.3 Å². The van der Waals surface area contributed by atoms with Crippen molar-refractivity contribution in [3.8, 4) is 0 Å². The van der Waals surface area contributed by atoms with Crippen LogP contribution >= 0.6 is 11.6 Å². The third-order valence-corrected chi connectivity index (χ3v) is 6.25. The Balaban J connectivity index is 1.29. The van der Waals surface area contributed by atoms with Crippen LogP contribution in [0.4, 0.5) is 0 Å². The highest BCUT2D eigenvalue weighted by atomic mass is 35.5. The highest BCUT2D eigenvalue weighted by Crippen LogP contribution is 2.27. The number of carbonyl (C=O) groups is 2. The Morgan fingerprint density at radius 3 is 2.35 bits per heavy atom. The third-order valence-electron chi connectivity index (χ3n) is 5.99. The van der Waals surface area contributed by atoms with Gasteiger partial charge in [-0.1, -0.05) is 54.1 Å². The number of rotatable bonds is 4. The number of hydrogen-bond acceptors (Lipinski definition) is 3. The maximum absolute atomic E-state index is 13.1. The van der Waals surface area contributed by atoms with Crippen LogP contribution in [0, 0.1) is 5.92 Å². The first-order chi connectivity index (χ1) is 15.1. The Morgan fingerprint density at radius 1 is 0.935 bits per heavy atom. The third kappa shape index (κ3) is 5.54. The van der Waals surface area contributed by atoms with Gasteiger partial charge in [-0.15, -0.1) is 0 Å². The van der Waals surface area contributed by atoms with Crippen LogP contribution in [0.3, 0.4) is 0 Å². The Kier molecular flexibility index (Phi) is 7.05. The number of ether oxygens (including phenoxy) is 1. The van der Waals surface area contributed by atoms with Crippen molar-refractivity contribution < 1.29 is 14.3 Å². The van der Waals surface area contributed by atoms with Crippen LogP contribution in [0.25, 0.3) is 6.08 Å². The molecule has 162 valence electrons. The maximum atomic E-state index is 13.1. The number of likely N-dealkylation sites (tertiary alicyclic amines) is 1. The summed E-state index contributed by atoms with van der Waals surface area (Å²) in [5, 5.41) is 0.687. The number of morpholine rings is 1. The fourth-order valence-electron chi connectivity index (χ4n) is 4.17. The largest absolute Gasteiger partial charge is 0.370 e. The first kappa shape index (κ1) is 21.6. The lowest BCUT2D eigenvalue weighted by atomic mass is 9.94. The van der Waals surface area contributed by atoms with Gasteiger partial charge in [0, 0.05) is 36.7 Å². The molecule has 0 saturated carbocycles. The number of piperidine rings is 1. The molecule has 2 saturated heterocycles. The number of amides is 2. The number of nitrogens with zero attached hydrogens (tertiary/aromatic N) is 2. The van der Waals surface area contributed by atoms with Gasteiger partial charge in [-0.2, -0.15) is 0 Å². The summed E-state index contributed by atoms with van der Waals surface area (Å²) in [4.78, 5) is 29.3. The molecule has 5 nitrogen and oxygen atoms in total. The second-order valence-electron chi connectivity index (χ2n) is 8.04.